The second-order valence-corrected chi connectivity index (χ2v) is 17.4. The molecule has 0 rings (SSSR count). The Morgan fingerprint density at radius 3 is 1.31 bits per heavy atom. The molecule has 0 spiro atoms. The van der Waals surface area contributed by atoms with Crippen molar-refractivity contribution in [2.24, 2.45) is 0 Å². The van der Waals surface area contributed by atoms with Crippen LogP contribution < -0.4 is 5.32 Å². The third-order valence-corrected chi connectivity index (χ3v) is 11.5. The van der Waals surface area contributed by atoms with E-state index in [-0.39, 0.29) is 24.9 Å². The molecule has 3 atom stereocenters. The Labute approximate surface area is 377 Å². The molecule has 0 aliphatic carbocycles. The lowest BCUT2D eigenvalue weighted by atomic mass is 10.0. The van der Waals surface area contributed by atoms with Crippen molar-refractivity contribution in [3.63, 3.8) is 0 Å². The number of unbranched alkanes of at least 4 members (excludes halogenated alkanes) is 26. The van der Waals surface area contributed by atoms with Crippen molar-refractivity contribution >= 4 is 11.9 Å². The summed E-state index contributed by atoms with van der Waals surface area (Å²) in [6.07, 6.45) is 61.1. The third kappa shape index (κ3) is 43.7. The molecule has 0 aliphatic rings. The van der Waals surface area contributed by atoms with Gasteiger partial charge in [-0.25, -0.2) is 0 Å². The molecule has 3 unspecified atom stereocenters. The minimum atomic E-state index is -0.808. The lowest BCUT2D eigenvalue weighted by molar-refractivity contribution is -0.151. The van der Waals surface area contributed by atoms with Crippen LogP contribution in [-0.4, -0.2) is 46.9 Å². The fourth-order valence-corrected chi connectivity index (χ4v) is 7.59. The summed E-state index contributed by atoms with van der Waals surface area (Å²) < 4.78 is 5.90. The zero-order valence-corrected chi connectivity index (χ0v) is 40.0. The van der Waals surface area contributed by atoms with E-state index in [4.69, 9.17) is 4.74 Å². The van der Waals surface area contributed by atoms with Crippen LogP contribution in [0.4, 0.5) is 0 Å². The quantitative estimate of drug-likeness (QED) is 0.0322. The highest BCUT2D eigenvalue weighted by Crippen LogP contribution is 2.17. The van der Waals surface area contributed by atoms with Gasteiger partial charge in [-0.1, -0.05) is 261 Å². The normalized spacial score (nSPS) is 13.9. The smallest absolute Gasteiger partial charge is 0.306 e. The average Bonchev–Trinajstić information content (AvgIpc) is 3.25. The number of allylic oxidation sites excluding steroid dienone is 12. The maximum atomic E-state index is 13.2. The highest BCUT2D eigenvalue weighted by molar-refractivity contribution is 5.77. The number of ether oxygens (including phenoxy) is 1. The van der Waals surface area contributed by atoms with Gasteiger partial charge in [0.25, 0.3) is 0 Å². The maximum absolute atomic E-state index is 13.2. The first-order valence-electron chi connectivity index (χ1n) is 25.7. The average molecular weight is 852 g/mol. The summed E-state index contributed by atoms with van der Waals surface area (Å²) in [4.78, 5) is 26.1. The van der Waals surface area contributed by atoms with Gasteiger partial charge in [-0.15, -0.1) is 0 Å². The largest absolute Gasteiger partial charge is 0.462 e. The zero-order chi connectivity index (χ0) is 44.5. The van der Waals surface area contributed by atoms with Crippen molar-refractivity contribution in [2.75, 3.05) is 6.61 Å². The van der Waals surface area contributed by atoms with Gasteiger partial charge in [-0.3, -0.25) is 9.59 Å². The number of hydrogen-bond acceptors (Lipinski definition) is 5. The fourth-order valence-electron chi connectivity index (χ4n) is 7.59. The maximum Gasteiger partial charge on any atom is 0.306 e. The van der Waals surface area contributed by atoms with Gasteiger partial charge in [0.2, 0.25) is 5.91 Å². The summed E-state index contributed by atoms with van der Waals surface area (Å²) in [5, 5.41) is 23.7. The molecule has 1 amide bonds. The number of carbonyl (C=O) groups is 2. The van der Waals surface area contributed by atoms with E-state index in [2.05, 4.69) is 38.2 Å². The monoisotopic (exact) mass is 852 g/mol. The molecule has 0 heterocycles. The number of hydrogen-bond donors (Lipinski definition) is 3. The lowest BCUT2D eigenvalue weighted by Gasteiger charge is -2.24. The number of rotatable bonds is 45. The predicted octanol–water partition coefficient (Wildman–Crippen LogP) is 15.4. The molecule has 0 aromatic rings. The minimum absolute atomic E-state index is 0.0261. The molecule has 0 bridgehead atoms. The number of esters is 1. The first-order chi connectivity index (χ1) is 30.0. The molecule has 0 aromatic carbocycles. The van der Waals surface area contributed by atoms with E-state index in [9.17, 15) is 19.8 Å². The van der Waals surface area contributed by atoms with Crippen molar-refractivity contribution in [3.05, 3.63) is 72.9 Å². The van der Waals surface area contributed by atoms with E-state index in [0.29, 0.717) is 19.3 Å². The molecular formula is C55H97NO5. The van der Waals surface area contributed by atoms with E-state index in [1.165, 1.54) is 135 Å². The topological polar surface area (TPSA) is 95.9 Å². The van der Waals surface area contributed by atoms with Crippen LogP contribution >= 0.6 is 0 Å². The van der Waals surface area contributed by atoms with E-state index in [1.807, 2.05) is 60.8 Å². The SMILES string of the molecule is CC\C=C/C=C/C=C/C=C\C=C\C=C\CCCC(CC(=O)NC(CO)C(O)CCCCCCCCCCCC)OC(=O)CCCCCCCCCCCCCCCCCCC. The van der Waals surface area contributed by atoms with Crippen LogP contribution in [0.2, 0.25) is 0 Å². The fraction of sp³-hybridized carbons (Fsp3) is 0.745. The van der Waals surface area contributed by atoms with Crippen LogP contribution in [0.5, 0.6) is 0 Å². The summed E-state index contributed by atoms with van der Waals surface area (Å²) in [5.41, 5.74) is 0. The van der Waals surface area contributed by atoms with Crippen LogP contribution in [0.25, 0.3) is 0 Å². The molecule has 3 N–H and O–H groups in total. The van der Waals surface area contributed by atoms with Gasteiger partial charge in [-0.05, 0) is 38.5 Å². The molecular weight excluding hydrogens is 755 g/mol. The third-order valence-electron chi connectivity index (χ3n) is 11.5. The van der Waals surface area contributed by atoms with Crippen molar-refractivity contribution < 1.29 is 24.5 Å². The zero-order valence-electron chi connectivity index (χ0n) is 40.0. The van der Waals surface area contributed by atoms with Crippen molar-refractivity contribution in [2.45, 2.75) is 257 Å². The highest BCUT2D eigenvalue weighted by atomic mass is 16.5. The van der Waals surface area contributed by atoms with Gasteiger partial charge in [0.05, 0.1) is 25.2 Å². The van der Waals surface area contributed by atoms with E-state index < -0.39 is 18.2 Å². The number of aliphatic hydroxyl groups excluding tert-OH is 2. The first-order valence-corrected chi connectivity index (χ1v) is 25.7. The molecule has 0 fully saturated rings. The van der Waals surface area contributed by atoms with Crippen LogP contribution in [0.15, 0.2) is 72.9 Å². The van der Waals surface area contributed by atoms with Gasteiger partial charge >= 0.3 is 5.97 Å². The van der Waals surface area contributed by atoms with Crippen LogP contribution in [0.3, 0.4) is 0 Å². The van der Waals surface area contributed by atoms with E-state index in [0.717, 1.165) is 57.8 Å². The summed E-state index contributed by atoms with van der Waals surface area (Å²) in [6.45, 7) is 6.31. The molecule has 6 heteroatoms. The Bertz CT molecular complexity index is 1140. The Balaban J connectivity index is 4.68. The number of amides is 1. The molecule has 0 radical (unpaired) electrons. The Morgan fingerprint density at radius 1 is 0.492 bits per heavy atom. The predicted molar refractivity (Wildman–Crippen MR) is 264 cm³/mol. The Kier molecular flexibility index (Phi) is 46.2. The summed E-state index contributed by atoms with van der Waals surface area (Å²) >= 11 is 0. The molecule has 0 aromatic heterocycles. The van der Waals surface area contributed by atoms with Gasteiger partial charge in [0.1, 0.15) is 6.10 Å². The number of carbonyl (C=O) groups excluding carboxylic acids is 2. The van der Waals surface area contributed by atoms with Crippen molar-refractivity contribution in [1.82, 2.24) is 5.32 Å². The molecule has 0 saturated heterocycles. The van der Waals surface area contributed by atoms with Gasteiger partial charge in [0.15, 0.2) is 0 Å². The van der Waals surface area contributed by atoms with Gasteiger partial charge < -0.3 is 20.3 Å². The van der Waals surface area contributed by atoms with Gasteiger partial charge in [0, 0.05) is 6.42 Å². The summed E-state index contributed by atoms with van der Waals surface area (Å²) in [7, 11) is 0. The standard InChI is InChI=1S/C55H97NO5/c1-4-7-10-13-16-19-22-24-26-27-29-31-33-36-39-42-45-48-55(60)61-51(46-43-40-37-34-32-30-28-25-23-20-17-14-11-8-5-2)49-54(59)56-52(50-57)53(58)47-44-41-38-35-21-18-15-12-9-6-3/h8,11,14,17,20,23,25,28,30,32,34,37,51-53,57-58H,4-7,9-10,12-13,15-16,18-19,21-22,24,26-27,29,31,33,35-36,38-50H2,1-3H3,(H,56,59)/b11-8-,17-14+,23-20+,28-25-,32-30+,37-34+. The molecule has 352 valence electrons. The highest BCUT2D eigenvalue weighted by Gasteiger charge is 2.24. The minimum Gasteiger partial charge on any atom is -0.462 e. The first kappa shape index (κ1) is 58.3. The Hall–Kier alpha value is -2.70. The molecule has 0 aliphatic heterocycles. The molecule has 0 saturated carbocycles. The lowest BCUT2D eigenvalue weighted by Crippen LogP contribution is -2.46. The van der Waals surface area contributed by atoms with Crippen LogP contribution in [0.1, 0.15) is 239 Å². The molecule has 61 heavy (non-hydrogen) atoms. The van der Waals surface area contributed by atoms with Gasteiger partial charge in [-0.2, -0.15) is 0 Å². The van der Waals surface area contributed by atoms with E-state index in [1.54, 1.807) is 0 Å². The van der Waals surface area contributed by atoms with Crippen molar-refractivity contribution in [3.8, 4) is 0 Å². The van der Waals surface area contributed by atoms with Crippen LogP contribution in [0, 0.1) is 0 Å². The van der Waals surface area contributed by atoms with Crippen molar-refractivity contribution in [1.29, 1.82) is 0 Å². The van der Waals surface area contributed by atoms with E-state index >= 15 is 0 Å². The second kappa shape index (κ2) is 48.3. The summed E-state index contributed by atoms with van der Waals surface area (Å²) in [6, 6.07) is -0.726. The number of nitrogens with one attached hydrogen (secondary N) is 1. The Morgan fingerprint density at radius 2 is 0.885 bits per heavy atom. The second-order valence-electron chi connectivity index (χ2n) is 17.4. The summed E-state index contributed by atoms with van der Waals surface area (Å²) in [5.74, 6) is -0.547. The number of aliphatic hydroxyl groups is 2. The molecule has 6 nitrogen and oxygen atoms in total. The van der Waals surface area contributed by atoms with Crippen LogP contribution in [-0.2, 0) is 14.3 Å².